The number of amides is 1. The molecular formula is C21H21FN4O. The molecule has 0 atom stereocenters. The van der Waals surface area contributed by atoms with Crippen LogP contribution in [0.4, 0.5) is 15.9 Å². The van der Waals surface area contributed by atoms with E-state index < -0.39 is 11.2 Å². The molecule has 0 spiro atoms. The molecule has 5 nitrogen and oxygen atoms in total. The molecule has 138 valence electrons. The van der Waals surface area contributed by atoms with E-state index in [-0.39, 0.29) is 11.7 Å². The zero-order valence-electron chi connectivity index (χ0n) is 15.5. The van der Waals surface area contributed by atoms with Crippen molar-refractivity contribution in [3.63, 3.8) is 0 Å². The SMILES string of the molecule is CC(C)(C)C(=O)Nc1ccccc1-c1ccc(-c2cnc(N)cn2)c(F)c1. The number of benzene rings is 2. The van der Waals surface area contributed by atoms with Crippen molar-refractivity contribution >= 4 is 17.4 Å². The van der Waals surface area contributed by atoms with Crippen LogP contribution in [0.15, 0.2) is 54.9 Å². The number of rotatable bonds is 3. The van der Waals surface area contributed by atoms with Crippen molar-refractivity contribution in [2.45, 2.75) is 20.8 Å². The van der Waals surface area contributed by atoms with Gasteiger partial charge in [0.05, 0.1) is 18.1 Å². The summed E-state index contributed by atoms with van der Waals surface area (Å²) in [6.45, 7) is 5.52. The Labute approximate surface area is 157 Å². The first kappa shape index (κ1) is 18.5. The van der Waals surface area contributed by atoms with Crippen LogP contribution in [0.2, 0.25) is 0 Å². The highest BCUT2D eigenvalue weighted by atomic mass is 19.1. The Morgan fingerprint density at radius 1 is 1.04 bits per heavy atom. The number of nitrogens with two attached hydrogens (primary N) is 1. The van der Waals surface area contributed by atoms with Crippen LogP contribution >= 0.6 is 0 Å². The zero-order valence-corrected chi connectivity index (χ0v) is 15.5. The highest BCUT2D eigenvalue weighted by Gasteiger charge is 2.22. The summed E-state index contributed by atoms with van der Waals surface area (Å²) >= 11 is 0. The lowest BCUT2D eigenvalue weighted by Gasteiger charge is -2.19. The Morgan fingerprint density at radius 2 is 1.78 bits per heavy atom. The Morgan fingerprint density at radius 3 is 2.41 bits per heavy atom. The van der Waals surface area contributed by atoms with E-state index in [1.54, 1.807) is 18.2 Å². The quantitative estimate of drug-likeness (QED) is 0.716. The van der Waals surface area contributed by atoms with E-state index in [4.69, 9.17) is 5.73 Å². The summed E-state index contributed by atoms with van der Waals surface area (Å²) < 4.78 is 14.7. The normalized spacial score (nSPS) is 11.3. The van der Waals surface area contributed by atoms with Gasteiger partial charge in [-0.05, 0) is 23.8 Å². The van der Waals surface area contributed by atoms with Gasteiger partial charge in [-0.25, -0.2) is 9.37 Å². The number of nitrogens with one attached hydrogen (secondary N) is 1. The van der Waals surface area contributed by atoms with Crippen LogP contribution < -0.4 is 11.1 Å². The molecule has 1 heterocycles. The van der Waals surface area contributed by atoms with E-state index >= 15 is 0 Å². The monoisotopic (exact) mass is 364 g/mol. The van der Waals surface area contributed by atoms with Crippen LogP contribution in [-0.2, 0) is 4.79 Å². The summed E-state index contributed by atoms with van der Waals surface area (Å²) in [5.74, 6) is -0.257. The fourth-order valence-electron chi connectivity index (χ4n) is 2.52. The van der Waals surface area contributed by atoms with Gasteiger partial charge in [-0.15, -0.1) is 0 Å². The zero-order chi connectivity index (χ0) is 19.6. The second-order valence-electron chi connectivity index (χ2n) is 7.27. The van der Waals surface area contributed by atoms with Gasteiger partial charge in [-0.3, -0.25) is 9.78 Å². The van der Waals surface area contributed by atoms with Gasteiger partial charge in [0.2, 0.25) is 5.91 Å². The van der Waals surface area contributed by atoms with Gasteiger partial charge in [-0.1, -0.05) is 45.0 Å². The maximum absolute atomic E-state index is 14.7. The molecule has 0 fully saturated rings. The number of carbonyl (C=O) groups excluding carboxylic acids is 1. The van der Waals surface area contributed by atoms with E-state index in [1.807, 2.05) is 39.0 Å². The molecule has 0 bridgehead atoms. The van der Waals surface area contributed by atoms with Gasteiger partial charge in [0, 0.05) is 22.2 Å². The van der Waals surface area contributed by atoms with Crippen LogP contribution in [0.1, 0.15) is 20.8 Å². The Kier molecular flexibility index (Phi) is 4.90. The van der Waals surface area contributed by atoms with Crippen LogP contribution in [-0.4, -0.2) is 15.9 Å². The maximum atomic E-state index is 14.7. The molecule has 1 aromatic heterocycles. The number of carbonyl (C=O) groups is 1. The third-order valence-electron chi connectivity index (χ3n) is 4.08. The first-order chi connectivity index (χ1) is 12.8. The molecule has 0 aliphatic carbocycles. The van der Waals surface area contributed by atoms with Crippen molar-refractivity contribution in [3.8, 4) is 22.4 Å². The second kappa shape index (κ2) is 7.15. The molecule has 0 saturated carbocycles. The lowest BCUT2D eigenvalue weighted by atomic mass is 9.94. The van der Waals surface area contributed by atoms with Crippen LogP contribution in [0.5, 0.6) is 0 Å². The molecule has 3 rings (SSSR count). The molecule has 0 radical (unpaired) electrons. The summed E-state index contributed by atoms with van der Waals surface area (Å²) in [5, 5.41) is 2.92. The average molecular weight is 364 g/mol. The third-order valence-corrected chi connectivity index (χ3v) is 4.08. The second-order valence-corrected chi connectivity index (χ2v) is 7.27. The van der Waals surface area contributed by atoms with E-state index in [1.165, 1.54) is 18.5 Å². The molecule has 0 unspecified atom stereocenters. The predicted octanol–water partition coefficient (Wildman–Crippen LogP) is 4.52. The number of hydrogen-bond acceptors (Lipinski definition) is 4. The molecule has 3 aromatic rings. The first-order valence-electron chi connectivity index (χ1n) is 8.54. The molecule has 1 amide bonds. The number of hydrogen-bond donors (Lipinski definition) is 2. The van der Waals surface area contributed by atoms with Gasteiger partial charge < -0.3 is 11.1 Å². The maximum Gasteiger partial charge on any atom is 0.229 e. The highest BCUT2D eigenvalue weighted by molar-refractivity contribution is 5.98. The van der Waals surface area contributed by atoms with Gasteiger partial charge >= 0.3 is 0 Å². The Bertz CT molecular complexity index is 978. The Balaban J connectivity index is 1.97. The van der Waals surface area contributed by atoms with Crippen molar-refractivity contribution in [2.75, 3.05) is 11.1 Å². The average Bonchev–Trinajstić information content (AvgIpc) is 2.62. The van der Waals surface area contributed by atoms with Crippen molar-refractivity contribution in [1.29, 1.82) is 0 Å². The van der Waals surface area contributed by atoms with Gasteiger partial charge in [0.25, 0.3) is 0 Å². The number of para-hydroxylation sites is 1. The first-order valence-corrected chi connectivity index (χ1v) is 8.54. The van der Waals surface area contributed by atoms with Crippen LogP contribution in [0, 0.1) is 11.2 Å². The number of halogens is 1. The minimum absolute atomic E-state index is 0.107. The molecular weight excluding hydrogens is 343 g/mol. The van der Waals surface area contributed by atoms with Crippen molar-refractivity contribution in [1.82, 2.24) is 9.97 Å². The standard InChI is InChI=1S/C21H21FN4O/c1-21(2,3)20(27)26-17-7-5-4-6-14(17)13-8-9-15(16(22)10-13)18-11-25-19(23)12-24-18/h4-12H,1-3H3,(H2,23,25)(H,26,27). The van der Waals surface area contributed by atoms with Gasteiger partial charge in [-0.2, -0.15) is 0 Å². The number of aromatic nitrogens is 2. The minimum atomic E-state index is -0.532. The molecule has 0 saturated heterocycles. The highest BCUT2D eigenvalue weighted by Crippen LogP contribution is 2.32. The number of anilines is 2. The van der Waals surface area contributed by atoms with Gasteiger partial charge in [0.15, 0.2) is 0 Å². The fourth-order valence-corrected chi connectivity index (χ4v) is 2.52. The summed E-state index contributed by atoms with van der Waals surface area (Å²) in [5.41, 5.74) is 7.77. The summed E-state index contributed by atoms with van der Waals surface area (Å²) in [4.78, 5) is 20.4. The lowest BCUT2D eigenvalue weighted by molar-refractivity contribution is -0.123. The summed E-state index contributed by atoms with van der Waals surface area (Å²) in [7, 11) is 0. The van der Waals surface area contributed by atoms with Crippen LogP contribution in [0.3, 0.4) is 0 Å². The molecule has 2 aromatic carbocycles. The topological polar surface area (TPSA) is 80.9 Å². The molecule has 3 N–H and O–H groups in total. The summed E-state index contributed by atoms with van der Waals surface area (Å²) in [6.07, 6.45) is 2.82. The lowest BCUT2D eigenvalue weighted by Crippen LogP contribution is -2.27. The molecule has 6 heteroatoms. The predicted molar refractivity (Wildman–Crippen MR) is 105 cm³/mol. The molecule has 27 heavy (non-hydrogen) atoms. The van der Waals surface area contributed by atoms with Crippen molar-refractivity contribution in [2.24, 2.45) is 5.41 Å². The number of nitrogen functional groups attached to an aromatic ring is 1. The van der Waals surface area contributed by atoms with E-state index in [9.17, 15) is 9.18 Å². The van der Waals surface area contributed by atoms with Gasteiger partial charge in [0.1, 0.15) is 11.6 Å². The van der Waals surface area contributed by atoms with E-state index in [0.29, 0.717) is 22.5 Å². The Hall–Kier alpha value is -3.28. The third kappa shape index (κ3) is 4.11. The summed E-state index contributed by atoms with van der Waals surface area (Å²) in [6, 6.07) is 12.2. The van der Waals surface area contributed by atoms with E-state index in [0.717, 1.165) is 5.56 Å². The van der Waals surface area contributed by atoms with E-state index in [2.05, 4.69) is 15.3 Å². The largest absolute Gasteiger partial charge is 0.382 e. The van der Waals surface area contributed by atoms with Crippen molar-refractivity contribution < 1.29 is 9.18 Å². The van der Waals surface area contributed by atoms with Crippen LogP contribution in [0.25, 0.3) is 22.4 Å². The smallest absolute Gasteiger partial charge is 0.229 e. The molecule has 0 aliphatic rings. The minimum Gasteiger partial charge on any atom is -0.382 e. The number of nitrogens with zero attached hydrogens (tertiary/aromatic N) is 2. The molecule has 0 aliphatic heterocycles. The fraction of sp³-hybridized carbons (Fsp3) is 0.190. The van der Waals surface area contributed by atoms with Crippen molar-refractivity contribution in [3.05, 3.63) is 60.7 Å².